The number of urea groups is 1. The van der Waals surface area contributed by atoms with Gasteiger partial charge in [0.2, 0.25) is 0 Å². The van der Waals surface area contributed by atoms with Crippen LogP contribution in [0.1, 0.15) is 12.0 Å². The minimum Gasteiger partial charge on any atom is -0.380 e. The van der Waals surface area contributed by atoms with Gasteiger partial charge in [0.15, 0.2) is 0 Å². The third-order valence-electron chi connectivity index (χ3n) is 4.51. The molecule has 0 radical (unpaired) electrons. The van der Waals surface area contributed by atoms with Crippen molar-refractivity contribution < 1.29 is 13.9 Å². The standard InChI is InChI=1S/C16H22FN3O2/c17-14-3-1-2-13(10-14)16(4-9-22-12-16)11-18-5-7-20-8-6-19-15(20)21/h1-3,10,18H,4-9,11-12H2,(H,19,21)/t16-/m1/s1. The molecule has 1 atom stereocenters. The van der Waals surface area contributed by atoms with Crippen LogP contribution in [0.4, 0.5) is 9.18 Å². The van der Waals surface area contributed by atoms with Crippen LogP contribution in [0.25, 0.3) is 0 Å². The number of carbonyl (C=O) groups is 1. The number of rotatable bonds is 6. The highest BCUT2D eigenvalue weighted by atomic mass is 19.1. The predicted octanol–water partition coefficient (Wildman–Crippen LogP) is 1.10. The lowest BCUT2D eigenvalue weighted by Crippen LogP contribution is -2.42. The van der Waals surface area contributed by atoms with E-state index in [1.54, 1.807) is 17.0 Å². The van der Waals surface area contributed by atoms with Gasteiger partial charge in [0.1, 0.15) is 5.82 Å². The number of carbonyl (C=O) groups excluding carboxylic acids is 1. The van der Waals surface area contributed by atoms with E-state index in [0.29, 0.717) is 19.8 Å². The Morgan fingerprint density at radius 1 is 1.45 bits per heavy atom. The Hall–Kier alpha value is -1.66. The lowest BCUT2D eigenvalue weighted by molar-refractivity contribution is 0.175. The predicted molar refractivity (Wildman–Crippen MR) is 81.4 cm³/mol. The molecule has 1 aromatic carbocycles. The highest BCUT2D eigenvalue weighted by molar-refractivity contribution is 5.76. The molecule has 1 aromatic rings. The first-order valence-corrected chi connectivity index (χ1v) is 7.77. The smallest absolute Gasteiger partial charge is 0.317 e. The van der Waals surface area contributed by atoms with Crippen molar-refractivity contribution in [3.63, 3.8) is 0 Å². The first-order valence-electron chi connectivity index (χ1n) is 7.77. The van der Waals surface area contributed by atoms with E-state index in [9.17, 15) is 9.18 Å². The first-order chi connectivity index (χ1) is 10.7. The van der Waals surface area contributed by atoms with Crippen LogP contribution in [0, 0.1) is 5.82 Å². The largest absolute Gasteiger partial charge is 0.380 e. The van der Waals surface area contributed by atoms with E-state index in [1.807, 2.05) is 6.07 Å². The number of ether oxygens (including phenoxy) is 1. The fraction of sp³-hybridized carbons (Fsp3) is 0.562. The second kappa shape index (κ2) is 6.62. The molecule has 0 aromatic heterocycles. The van der Waals surface area contributed by atoms with Crippen molar-refractivity contribution in [2.75, 3.05) is 45.9 Å². The van der Waals surface area contributed by atoms with Crippen LogP contribution >= 0.6 is 0 Å². The SMILES string of the molecule is O=C1NCCN1CCNC[C@]1(c2cccc(F)c2)CCOC1. The Balaban J connectivity index is 1.57. The van der Waals surface area contributed by atoms with Gasteiger partial charge in [-0.2, -0.15) is 0 Å². The van der Waals surface area contributed by atoms with Gasteiger partial charge in [-0.1, -0.05) is 12.1 Å². The summed E-state index contributed by atoms with van der Waals surface area (Å²) in [5.74, 6) is -0.211. The van der Waals surface area contributed by atoms with Gasteiger partial charge in [-0.05, 0) is 24.1 Å². The number of hydrogen-bond acceptors (Lipinski definition) is 3. The van der Waals surface area contributed by atoms with Crippen LogP contribution in [0.2, 0.25) is 0 Å². The Bertz CT molecular complexity index is 532. The molecule has 2 saturated heterocycles. The molecule has 0 saturated carbocycles. The van der Waals surface area contributed by atoms with Gasteiger partial charge in [-0.15, -0.1) is 0 Å². The highest BCUT2D eigenvalue weighted by Crippen LogP contribution is 2.32. The number of nitrogens with one attached hydrogen (secondary N) is 2. The minimum atomic E-state index is -0.211. The molecule has 0 aliphatic carbocycles. The van der Waals surface area contributed by atoms with E-state index in [2.05, 4.69) is 10.6 Å². The first kappa shape index (κ1) is 15.2. The van der Waals surface area contributed by atoms with Crippen LogP contribution < -0.4 is 10.6 Å². The van der Waals surface area contributed by atoms with Gasteiger partial charge in [0.05, 0.1) is 6.61 Å². The van der Waals surface area contributed by atoms with Crippen molar-refractivity contribution in [3.8, 4) is 0 Å². The molecule has 2 N–H and O–H groups in total. The molecule has 0 bridgehead atoms. The van der Waals surface area contributed by atoms with Gasteiger partial charge in [-0.25, -0.2) is 9.18 Å². The quantitative estimate of drug-likeness (QED) is 0.774. The summed E-state index contributed by atoms with van der Waals surface area (Å²) in [5, 5.41) is 6.20. The Kier molecular flexibility index (Phi) is 4.59. The van der Waals surface area contributed by atoms with Crippen molar-refractivity contribution >= 4 is 6.03 Å². The number of benzene rings is 1. The molecule has 22 heavy (non-hydrogen) atoms. The molecular formula is C16H22FN3O2. The van der Waals surface area contributed by atoms with E-state index in [-0.39, 0.29) is 17.3 Å². The van der Waals surface area contributed by atoms with E-state index in [1.165, 1.54) is 6.07 Å². The number of hydrogen-bond donors (Lipinski definition) is 2. The van der Waals surface area contributed by atoms with Gasteiger partial charge in [-0.3, -0.25) is 0 Å². The van der Waals surface area contributed by atoms with E-state index in [4.69, 9.17) is 4.74 Å². The molecule has 120 valence electrons. The van der Waals surface area contributed by atoms with Crippen LogP contribution in [0.15, 0.2) is 24.3 Å². The third-order valence-corrected chi connectivity index (χ3v) is 4.51. The molecule has 0 spiro atoms. The van der Waals surface area contributed by atoms with Gasteiger partial charge < -0.3 is 20.3 Å². The fourth-order valence-corrected chi connectivity index (χ4v) is 3.16. The Labute approximate surface area is 129 Å². The van der Waals surface area contributed by atoms with Crippen LogP contribution in [0.3, 0.4) is 0 Å². The summed E-state index contributed by atoms with van der Waals surface area (Å²) in [4.78, 5) is 13.3. The lowest BCUT2D eigenvalue weighted by Gasteiger charge is -2.29. The summed E-state index contributed by atoms with van der Waals surface area (Å²) in [7, 11) is 0. The summed E-state index contributed by atoms with van der Waals surface area (Å²) in [6, 6.07) is 6.79. The molecule has 2 fully saturated rings. The number of nitrogens with zero attached hydrogens (tertiary/aromatic N) is 1. The fourth-order valence-electron chi connectivity index (χ4n) is 3.16. The number of amides is 2. The van der Waals surface area contributed by atoms with Crippen molar-refractivity contribution in [3.05, 3.63) is 35.6 Å². The van der Waals surface area contributed by atoms with Gasteiger partial charge >= 0.3 is 6.03 Å². The summed E-state index contributed by atoms with van der Waals surface area (Å²) in [5.41, 5.74) is 0.812. The molecule has 5 nitrogen and oxygen atoms in total. The molecule has 2 aliphatic rings. The zero-order chi connectivity index (χ0) is 15.4. The summed E-state index contributed by atoms with van der Waals surface area (Å²) in [6.45, 7) is 4.93. The van der Waals surface area contributed by atoms with Crippen LogP contribution in [0.5, 0.6) is 0 Å². The van der Waals surface area contributed by atoms with Gasteiger partial charge in [0.25, 0.3) is 0 Å². The van der Waals surface area contributed by atoms with Crippen LogP contribution in [-0.4, -0.2) is 56.9 Å². The van der Waals surface area contributed by atoms with E-state index in [0.717, 1.165) is 38.2 Å². The molecule has 2 aliphatic heterocycles. The van der Waals surface area contributed by atoms with Crippen molar-refractivity contribution in [2.45, 2.75) is 11.8 Å². The lowest BCUT2D eigenvalue weighted by atomic mass is 9.79. The summed E-state index contributed by atoms with van der Waals surface area (Å²) >= 11 is 0. The highest BCUT2D eigenvalue weighted by Gasteiger charge is 2.36. The Morgan fingerprint density at radius 3 is 3.05 bits per heavy atom. The minimum absolute atomic E-state index is 0.00541. The monoisotopic (exact) mass is 307 g/mol. The molecule has 6 heteroatoms. The van der Waals surface area contributed by atoms with Crippen molar-refractivity contribution in [1.29, 1.82) is 0 Å². The second-order valence-corrected chi connectivity index (χ2v) is 5.99. The summed E-state index contributed by atoms with van der Waals surface area (Å²) < 4.78 is 19.1. The maximum absolute atomic E-state index is 13.5. The molecule has 2 heterocycles. The maximum atomic E-state index is 13.5. The normalized spacial score (nSPS) is 24.8. The zero-order valence-electron chi connectivity index (χ0n) is 12.6. The number of halogens is 1. The average Bonchev–Trinajstić information content (AvgIpc) is 3.14. The van der Waals surface area contributed by atoms with Crippen LogP contribution in [-0.2, 0) is 10.2 Å². The zero-order valence-corrected chi connectivity index (χ0v) is 12.6. The van der Waals surface area contributed by atoms with Crippen molar-refractivity contribution in [1.82, 2.24) is 15.5 Å². The van der Waals surface area contributed by atoms with E-state index >= 15 is 0 Å². The van der Waals surface area contributed by atoms with E-state index < -0.39 is 0 Å². The second-order valence-electron chi connectivity index (χ2n) is 5.99. The maximum Gasteiger partial charge on any atom is 0.317 e. The van der Waals surface area contributed by atoms with Gasteiger partial charge in [0, 0.05) is 44.7 Å². The molecular weight excluding hydrogens is 285 g/mol. The molecule has 3 rings (SSSR count). The molecule has 2 amide bonds. The third kappa shape index (κ3) is 3.23. The molecule has 0 unspecified atom stereocenters. The summed E-state index contributed by atoms with van der Waals surface area (Å²) in [6.07, 6.45) is 0.883. The topological polar surface area (TPSA) is 53.6 Å². The average molecular weight is 307 g/mol. The Morgan fingerprint density at radius 2 is 2.36 bits per heavy atom. The van der Waals surface area contributed by atoms with Crippen molar-refractivity contribution in [2.24, 2.45) is 0 Å².